The van der Waals surface area contributed by atoms with Crippen LogP contribution in [0.2, 0.25) is 0 Å². The van der Waals surface area contributed by atoms with Gasteiger partial charge in [0.25, 0.3) is 10.0 Å². The molecule has 0 saturated carbocycles. The van der Waals surface area contributed by atoms with Gasteiger partial charge in [0.05, 0.1) is 23.1 Å². The number of rotatable bonds is 10. The van der Waals surface area contributed by atoms with Crippen LogP contribution in [0.1, 0.15) is 33.1 Å². The monoisotopic (exact) mass is 656 g/mol. The van der Waals surface area contributed by atoms with Gasteiger partial charge in [-0.05, 0) is 69.3 Å². The zero-order valence-electron chi connectivity index (χ0n) is 25.2. The maximum atomic E-state index is 12.8. The van der Waals surface area contributed by atoms with Gasteiger partial charge in [0.2, 0.25) is 11.9 Å². The minimum Gasteiger partial charge on any atom is -0.399 e. The quantitative estimate of drug-likeness (QED) is 0.168. The molecule has 2 fully saturated rings. The molecule has 8 N–H and O–H groups in total. The fourth-order valence-electron chi connectivity index (χ4n) is 5.31. The summed E-state index contributed by atoms with van der Waals surface area (Å²) in [5.74, 6) is 0.276. The van der Waals surface area contributed by atoms with E-state index in [1.54, 1.807) is 12.3 Å². The lowest BCUT2D eigenvalue weighted by molar-refractivity contribution is -0.211. The smallest absolute Gasteiger partial charge is 0.264 e. The van der Waals surface area contributed by atoms with Crippen LogP contribution in [0.15, 0.2) is 47.6 Å². The number of nitrogen functional groups attached to an aromatic ring is 1. The second-order valence-corrected chi connectivity index (χ2v) is 13.7. The van der Waals surface area contributed by atoms with Crippen LogP contribution in [-0.4, -0.2) is 118 Å². The summed E-state index contributed by atoms with van der Waals surface area (Å²) in [5.41, 5.74) is 5.23. The number of aliphatic hydroxyl groups excluding tert-OH is 4. The van der Waals surface area contributed by atoms with Crippen molar-refractivity contribution in [3.63, 3.8) is 0 Å². The van der Waals surface area contributed by atoms with E-state index in [0.29, 0.717) is 11.6 Å². The van der Waals surface area contributed by atoms with Crippen LogP contribution in [0, 0.1) is 5.92 Å². The number of sulfonamides is 1. The zero-order chi connectivity index (χ0) is 32.6. The number of aromatic nitrogens is 2. The second kappa shape index (κ2) is 16.1. The number of hydrogen-bond acceptors (Lipinski definition) is 13. The topological polar surface area (TPSA) is 220 Å². The first-order valence-corrected chi connectivity index (χ1v) is 17.1. The minimum absolute atomic E-state index is 0.0318. The lowest BCUT2D eigenvalue weighted by atomic mass is 9.92. The minimum atomic E-state index is -3.66. The number of amides is 1. The number of likely N-dealkylation sites (N-methyl/N-ethyl adjacent to an activating group) is 1. The van der Waals surface area contributed by atoms with Gasteiger partial charge in [0.15, 0.2) is 0 Å². The van der Waals surface area contributed by atoms with Crippen molar-refractivity contribution < 1.29 is 38.4 Å². The predicted octanol–water partition coefficient (Wildman–Crippen LogP) is 0.00260. The normalized spacial score (nSPS) is 28.8. The van der Waals surface area contributed by atoms with Crippen LogP contribution in [0.5, 0.6) is 0 Å². The van der Waals surface area contributed by atoms with E-state index in [9.17, 15) is 33.6 Å². The molecule has 0 bridgehead atoms. The van der Waals surface area contributed by atoms with Gasteiger partial charge in [0.1, 0.15) is 29.9 Å². The van der Waals surface area contributed by atoms with Crippen LogP contribution >= 0.6 is 11.8 Å². The second-order valence-electron chi connectivity index (χ2n) is 11.0. The molecule has 4 rings (SSSR count). The third kappa shape index (κ3) is 9.23. The van der Waals surface area contributed by atoms with Crippen LogP contribution in [0.3, 0.4) is 0 Å². The Hall–Kier alpha value is -2.57. The van der Waals surface area contributed by atoms with E-state index in [4.69, 9.17) is 10.5 Å². The van der Waals surface area contributed by atoms with Crippen LogP contribution in [0.4, 0.5) is 11.6 Å². The van der Waals surface area contributed by atoms with Crippen molar-refractivity contribution in [2.45, 2.75) is 86.0 Å². The molecule has 1 unspecified atom stereocenters. The number of nitrogens with one attached hydrogen (secondary N) is 2. The average Bonchev–Trinajstić information content (AvgIpc) is 3.36. The maximum absolute atomic E-state index is 12.8. The van der Waals surface area contributed by atoms with E-state index in [0.717, 1.165) is 25.8 Å². The third-order valence-electron chi connectivity index (χ3n) is 7.64. The number of nitrogens with zero attached hydrogens (tertiary/aromatic N) is 3. The van der Waals surface area contributed by atoms with Crippen molar-refractivity contribution in [3.8, 4) is 0 Å². The fraction of sp³-hybridized carbons (Fsp3) is 0.607. The molecule has 1 aromatic heterocycles. The summed E-state index contributed by atoms with van der Waals surface area (Å²) in [6.07, 6.45) is 1.41. The Bertz CT molecular complexity index is 1290. The first-order chi connectivity index (χ1) is 20.8. The van der Waals surface area contributed by atoms with Gasteiger partial charge in [-0.15, -0.1) is 11.8 Å². The highest BCUT2D eigenvalue weighted by Gasteiger charge is 2.48. The highest BCUT2D eigenvalue weighted by atomic mass is 32.2. The molecular formula is C28H44N6O8S2. The lowest BCUT2D eigenvalue weighted by Crippen LogP contribution is -2.65. The molecule has 44 heavy (non-hydrogen) atoms. The number of anilines is 2. The number of benzene rings is 1. The Balaban J connectivity index is 0.000000266. The average molecular weight is 657 g/mol. The zero-order valence-corrected chi connectivity index (χ0v) is 26.9. The van der Waals surface area contributed by atoms with Gasteiger partial charge >= 0.3 is 0 Å². The largest absolute Gasteiger partial charge is 0.399 e. The summed E-state index contributed by atoms with van der Waals surface area (Å²) in [6, 6.07) is 6.27. The van der Waals surface area contributed by atoms with Gasteiger partial charge in [-0.2, -0.15) is 0 Å². The Morgan fingerprint density at radius 3 is 2.36 bits per heavy atom. The fourth-order valence-corrected chi connectivity index (χ4v) is 6.95. The molecule has 9 atom stereocenters. The van der Waals surface area contributed by atoms with Crippen molar-refractivity contribution in [2.24, 2.45) is 5.92 Å². The number of hydrogen-bond donors (Lipinski definition) is 7. The van der Waals surface area contributed by atoms with Crippen molar-refractivity contribution >= 4 is 39.3 Å². The van der Waals surface area contributed by atoms with Gasteiger partial charge in [-0.3, -0.25) is 9.69 Å². The van der Waals surface area contributed by atoms with Crippen molar-refractivity contribution in [1.29, 1.82) is 0 Å². The number of aliphatic hydroxyl groups is 4. The van der Waals surface area contributed by atoms with E-state index in [2.05, 4.69) is 26.9 Å². The Labute approximate surface area is 262 Å². The number of thioether (sulfide) groups is 1. The van der Waals surface area contributed by atoms with E-state index >= 15 is 0 Å². The number of likely N-dealkylation sites (tertiary alicyclic amines) is 1. The van der Waals surface area contributed by atoms with Gasteiger partial charge in [0, 0.05) is 24.6 Å². The van der Waals surface area contributed by atoms with E-state index in [-0.39, 0.29) is 22.8 Å². The summed E-state index contributed by atoms with van der Waals surface area (Å²) >= 11 is 1.20. The maximum Gasteiger partial charge on any atom is 0.264 e. The summed E-state index contributed by atoms with van der Waals surface area (Å²) in [7, 11) is -1.75. The summed E-state index contributed by atoms with van der Waals surface area (Å²) in [5, 5.41) is 43.5. The molecule has 1 amide bonds. The first kappa shape index (κ1) is 35.9. The molecule has 1 aromatic carbocycles. The summed E-state index contributed by atoms with van der Waals surface area (Å²) < 4.78 is 31.7. The Morgan fingerprint density at radius 1 is 1.16 bits per heavy atom. The van der Waals surface area contributed by atoms with Crippen LogP contribution < -0.4 is 15.8 Å². The highest BCUT2D eigenvalue weighted by Crippen LogP contribution is 2.30. The van der Waals surface area contributed by atoms with Crippen molar-refractivity contribution in [1.82, 2.24) is 20.2 Å². The SMILES string of the molecule is CCC[C@@H]1CC(C(=O)N[C@@H]([C@H]2O[C@H](SC)[C@H](O)[C@@H](O)[C@H]2O)[C@@H](C)O)N(C)C1.Nc1ccc(S(=O)(=O)Nc2ncccn2)cc1. The molecule has 14 nitrogen and oxygen atoms in total. The van der Waals surface area contributed by atoms with Crippen molar-refractivity contribution in [3.05, 3.63) is 42.7 Å². The molecule has 2 aliphatic heterocycles. The molecule has 0 spiro atoms. The third-order valence-corrected chi connectivity index (χ3v) is 9.84. The predicted molar refractivity (Wildman–Crippen MR) is 167 cm³/mol. The molecule has 3 heterocycles. The van der Waals surface area contributed by atoms with Gasteiger partial charge < -0.3 is 36.2 Å². The first-order valence-electron chi connectivity index (χ1n) is 14.4. The van der Waals surface area contributed by atoms with E-state index in [1.807, 2.05) is 11.9 Å². The van der Waals surface area contributed by atoms with E-state index < -0.39 is 52.0 Å². The number of carbonyl (C=O) groups excluding carboxylic acids is 1. The molecule has 2 saturated heterocycles. The van der Waals surface area contributed by atoms with Crippen LogP contribution in [0.25, 0.3) is 0 Å². The molecule has 2 aromatic rings. The van der Waals surface area contributed by atoms with Gasteiger partial charge in [-0.1, -0.05) is 13.3 Å². The standard InChI is InChI=1S/C18H34N2O6S.C10H10N4O2S/c1-5-6-10-7-11(20(3)8-10)17(25)19-12(9(2)21)16-14(23)13(22)15(24)18(26-16)27-4;11-8-2-4-9(5-3-8)17(15,16)14-10-12-6-1-7-13-10/h9-16,18,21-24H,5-8H2,1-4H3,(H,19,25);1-7H,11H2,(H,12,13,14)/t9-,10-,11?,12-,13+,14-,15-,16-,18-;/m1./s1. The number of carbonyl (C=O) groups is 1. The van der Waals surface area contributed by atoms with E-state index in [1.165, 1.54) is 55.3 Å². The number of ether oxygens (including phenoxy) is 1. The molecule has 2 aliphatic rings. The number of nitrogens with two attached hydrogens (primary N) is 1. The molecular weight excluding hydrogens is 612 g/mol. The van der Waals surface area contributed by atoms with Crippen LogP contribution in [-0.2, 0) is 19.6 Å². The highest BCUT2D eigenvalue weighted by molar-refractivity contribution is 7.99. The molecule has 0 radical (unpaired) electrons. The summed E-state index contributed by atoms with van der Waals surface area (Å²) in [6.45, 7) is 4.48. The Kier molecular flexibility index (Phi) is 13.2. The lowest BCUT2D eigenvalue weighted by Gasteiger charge is -2.44. The molecule has 246 valence electrons. The van der Waals surface area contributed by atoms with Gasteiger partial charge in [-0.25, -0.2) is 23.1 Å². The molecule has 16 heteroatoms. The summed E-state index contributed by atoms with van der Waals surface area (Å²) in [4.78, 5) is 22.5. The Morgan fingerprint density at radius 2 is 1.80 bits per heavy atom. The van der Waals surface area contributed by atoms with Crippen molar-refractivity contribution in [2.75, 3.05) is 30.3 Å². The molecule has 0 aliphatic carbocycles.